The minimum atomic E-state index is -0.956. The third-order valence-electron chi connectivity index (χ3n) is 1.45. The first-order chi connectivity index (χ1) is 6.09. The second-order valence-corrected chi connectivity index (χ2v) is 4.30. The number of carbonyl (C=O) groups is 1. The van der Waals surface area contributed by atoms with Gasteiger partial charge in [0.25, 0.3) is 0 Å². The van der Waals surface area contributed by atoms with Crippen LogP contribution in [-0.2, 0) is 16.1 Å². The molecule has 0 spiro atoms. The standard InChI is InChI=1S/C8H9ClO3S/c1-5(8(10)11)12-4-6-2-3-7(9)13-6/h2-3,5H,4H2,1H3,(H,10,11). The molecule has 1 aromatic heterocycles. The summed E-state index contributed by atoms with van der Waals surface area (Å²) in [6, 6.07) is 3.58. The van der Waals surface area contributed by atoms with Gasteiger partial charge in [-0.15, -0.1) is 11.3 Å². The van der Waals surface area contributed by atoms with E-state index < -0.39 is 12.1 Å². The number of halogens is 1. The number of hydrogen-bond donors (Lipinski definition) is 1. The Labute approximate surface area is 84.9 Å². The van der Waals surface area contributed by atoms with Crippen molar-refractivity contribution in [2.45, 2.75) is 19.6 Å². The molecule has 0 fully saturated rings. The Morgan fingerprint density at radius 3 is 2.92 bits per heavy atom. The second kappa shape index (κ2) is 4.60. The van der Waals surface area contributed by atoms with E-state index in [9.17, 15) is 4.79 Å². The SMILES string of the molecule is CC(OCc1ccc(Cl)s1)C(=O)O. The van der Waals surface area contributed by atoms with Crippen LogP contribution in [0.3, 0.4) is 0 Å². The van der Waals surface area contributed by atoms with E-state index in [4.69, 9.17) is 21.4 Å². The molecular formula is C8H9ClO3S. The minimum Gasteiger partial charge on any atom is -0.479 e. The molecule has 1 N–H and O–H groups in total. The maximum absolute atomic E-state index is 10.4. The van der Waals surface area contributed by atoms with E-state index in [0.717, 1.165) is 4.88 Å². The van der Waals surface area contributed by atoms with Crippen molar-refractivity contribution in [2.75, 3.05) is 0 Å². The van der Waals surface area contributed by atoms with Gasteiger partial charge in [-0.25, -0.2) is 4.79 Å². The highest BCUT2D eigenvalue weighted by Crippen LogP contribution is 2.22. The van der Waals surface area contributed by atoms with Crippen LogP contribution in [0, 0.1) is 0 Å². The van der Waals surface area contributed by atoms with Crippen LogP contribution >= 0.6 is 22.9 Å². The van der Waals surface area contributed by atoms with E-state index in [1.807, 2.05) is 6.07 Å². The Kier molecular flexibility index (Phi) is 3.71. The zero-order valence-corrected chi connectivity index (χ0v) is 8.56. The van der Waals surface area contributed by atoms with Gasteiger partial charge in [-0.05, 0) is 19.1 Å². The third-order valence-corrected chi connectivity index (χ3v) is 2.66. The smallest absolute Gasteiger partial charge is 0.332 e. The Bertz CT molecular complexity index is 297. The Balaban J connectivity index is 2.39. The molecule has 0 radical (unpaired) electrons. The zero-order chi connectivity index (χ0) is 9.84. The van der Waals surface area contributed by atoms with E-state index >= 15 is 0 Å². The highest BCUT2D eigenvalue weighted by atomic mass is 35.5. The number of aliphatic carboxylic acids is 1. The molecule has 0 aliphatic rings. The summed E-state index contributed by atoms with van der Waals surface area (Å²) in [5.74, 6) is -0.956. The molecule has 0 amide bonds. The minimum absolute atomic E-state index is 0.296. The van der Waals surface area contributed by atoms with Gasteiger partial charge < -0.3 is 9.84 Å². The van der Waals surface area contributed by atoms with E-state index in [1.54, 1.807) is 6.07 Å². The summed E-state index contributed by atoms with van der Waals surface area (Å²) in [6.07, 6.45) is -0.777. The van der Waals surface area contributed by atoms with Crippen LogP contribution in [0.25, 0.3) is 0 Å². The second-order valence-electron chi connectivity index (χ2n) is 2.50. The van der Waals surface area contributed by atoms with Crippen molar-refractivity contribution in [3.8, 4) is 0 Å². The predicted octanol–water partition coefficient (Wildman–Crippen LogP) is 2.39. The lowest BCUT2D eigenvalue weighted by Crippen LogP contribution is -2.19. The fourth-order valence-corrected chi connectivity index (χ4v) is 1.72. The lowest BCUT2D eigenvalue weighted by atomic mass is 10.4. The summed E-state index contributed by atoms with van der Waals surface area (Å²) in [5, 5.41) is 8.52. The summed E-state index contributed by atoms with van der Waals surface area (Å²) in [4.78, 5) is 11.3. The van der Waals surface area contributed by atoms with Gasteiger partial charge in [0.05, 0.1) is 10.9 Å². The fraction of sp³-hybridized carbons (Fsp3) is 0.375. The van der Waals surface area contributed by atoms with E-state index in [1.165, 1.54) is 18.3 Å². The van der Waals surface area contributed by atoms with Crippen LogP contribution in [0.15, 0.2) is 12.1 Å². The van der Waals surface area contributed by atoms with Crippen LogP contribution in [0.2, 0.25) is 4.34 Å². The maximum Gasteiger partial charge on any atom is 0.332 e. The number of hydrogen-bond acceptors (Lipinski definition) is 3. The molecule has 0 bridgehead atoms. The Hall–Kier alpha value is -0.580. The molecule has 5 heteroatoms. The molecule has 3 nitrogen and oxygen atoms in total. The number of ether oxygens (including phenoxy) is 1. The summed E-state index contributed by atoms with van der Waals surface area (Å²) in [6.45, 7) is 1.79. The van der Waals surface area contributed by atoms with Gasteiger partial charge in [0, 0.05) is 4.88 Å². The number of thiophene rings is 1. The molecule has 0 aliphatic carbocycles. The highest BCUT2D eigenvalue weighted by molar-refractivity contribution is 7.16. The van der Waals surface area contributed by atoms with E-state index in [-0.39, 0.29) is 0 Å². The quantitative estimate of drug-likeness (QED) is 0.848. The van der Waals surface area contributed by atoms with Gasteiger partial charge in [0.1, 0.15) is 0 Å². The lowest BCUT2D eigenvalue weighted by molar-refractivity contribution is -0.149. The molecule has 72 valence electrons. The number of carboxylic acids is 1. The number of carboxylic acid groups (broad SMARTS) is 1. The molecule has 0 aliphatic heterocycles. The van der Waals surface area contributed by atoms with Gasteiger partial charge in [-0.2, -0.15) is 0 Å². The molecule has 1 rings (SSSR count). The van der Waals surface area contributed by atoms with Crippen molar-refractivity contribution in [1.29, 1.82) is 0 Å². The van der Waals surface area contributed by atoms with E-state index in [2.05, 4.69) is 0 Å². The van der Waals surface area contributed by atoms with Gasteiger partial charge in [-0.1, -0.05) is 11.6 Å². The van der Waals surface area contributed by atoms with Crippen LogP contribution in [0.5, 0.6) is 0 Å². The van der Waals surface area contributed by atoms with Gasteiger partial charge >= 0.3 is 5.97 Å². The lowest BCUT2D eigenvalue weighted by Gasteiger charge is -2.05. The van der Waals surface area contributed by atoms with Crippen molar-refractivity contribution >= 4 is 28.9 Å². The molecule has 0 saturated carbocycles. The van der Waals surface area contributed by atoms with Crippen LogP contribution in [0.1, 0.15) is 11.8 Å². The Morgan fingerprint density at radius 1 is 1.77 bits per heavy atom. The molecule has 13 heavy (non-hydrogen) atoms. The summed E-state index contributed by atoms with van der Waals surface area (Å²) in [5.41, 5.74) is 0. The van der Waals surface area contributed by atoms with Crippen LogP contribution in [0.4, 0.5) is 0 Å². The number of rotatable bonds is 4. The molecule has 0 aromatic carbocycles. The highest BCUT2D eigenvalue weighted by Gasteiger charge is 2.11. The maximum atomic E-state index is 10.4. The topological polar surface area (TPSA) is 46.5 Å². The first-order valence-corrected chi connectivity index (χ1v) is 4.87. The monoisotopic (exact) mass is 220 g/mol. The average molecular weight is 221 g/mol. The van der Waals surface area contributed by atoms with Crippen molar-refractivity contribution in [3.63, 3.8) is 0 Å². The van der Waals surface area contributed by atoms with Crippen LogP contribution < -0.4 is 0 Å². The first-order valence-electron chi connectivity index (χ1n) is 3.68. The van der Waals surface area contributed by atoms with Crippen molar-refractivity contribution in [3.05, 3.63) is 21.3 Å². The molecule has 1 aromatic rings. The largest absolute Gasteiger partial charge is 0.479 e. The van der Waals surface area contributed by atoms with Crippen LogP contribution in [-0.4, -0.2) is 17.2 Å². The third kappa shape index (κ3) is 3.34. The molecule has 1 atom stereocenters. The molecular weight excluding hydrogens is 212 g/mol. The molecule has 1 heterocycles. The van der Waals surface area contributed by atoms with Crippen molar-refractivity contribution < 1.29 is 14.6 Å². The average Bonchev–Trinajstić information content (AvgIpc) is 2.47. The van der Waals surface area contributed by atoms with Gasteiger partial charge in [-0.3, -0.25) is 0 Å². The van der Waals surface area contributed by atoms with Gasteiger partial charge in [0.2, 0.25) is 0 Å². The van der Waals surface area contributed by atoms with Crippen molar-refractivity contribution in [1.82, 2.24) is 0 Å². The summed E-state index contributed by atoms with van der Waals surface area (Å²) < 4.78 is 5.74. The summed E-state index contributed by atoms with van der Waals surface area (Å²) in [7, 11) is 0. The van der Waals surface area contributed by atoms with Crippen molar-refractivity contribution in [2.24, 2.45) is 0 Å². The first kappa shape index (κ1) is 10.5. The zero-order valence-electron chi connectivity index (χ0n) is 6.99. The molecule has 0 saturated heterocycles. The fourth-order valence-electron chi connectivity index (χ4n) is 0.708. The van der Waals surface area contributed by atoms with Gasteiger partial charge in [0.15, 0.2) is 6.10 Å². The normalized spacial score (nSPS) is 12.8. The summed E-state index contributed by atoms with van der Waals surface area (Å²) >= 11 is 7.07. The predicted molar refractivity (Wildman–Crippen MR) is 51.2 cm³/mol. The van der Waals surface area contributed by atoms with E-state index in [0.29, 0.717) is 10.9 Å². The Morgan fingerprint density at radius 2 is 2.46 bits per heavy atom. The molecule has 1 unspecified atom stereocenters.